The number of piperazine rings is 2. The molecule has 1 aromatic rings. The Labute approximate surface area is 154 Å². The number of amides is 2. The first kappa shape index (κ1) is 18.7. The monoisotopic (exact) mass is 361 g/mol. The highest BCUT2D eigenvalue weighted by Crippen LogP contribution is 2.24. The third kappa shape index (κ3) is 3.41. The average molecular weight is 361 g/mol. The van der Waals surface area contributed by atoms with Crippen LogP contribution in [0.4, 0.5) is 0 Å². The third-order valence-corrected chi connectivity index (χ3v) is 5.37. The van der Waals surface area contributed by atoms with Crippen LogP contribution >= 0.6 is 0 Å². The van der Waals surface area contributed by atoms with Crippen molar-refractivity contribution >= 4 is 11.8 Å². The van der Waals surface area contributed by atoms with Gasteiger partial charge in [0.25, 0.3) is 0 Å². The van der Waals surface area contributed by atoms with Gasteiger partial charge in [0.15, 0.2) is 0 Å². The minimum atomic E-state index is -0.380. The summed E-state index contributed by atoms with van der Waals surface area (Å²) in [4.78, 5) is 30.6. The number of ether oxygens (including phenoxy) is 2. The molecule has 0 radical (unpaired) electrons. The molecule has 2 aliphatic heterocycles. The fourth-order valence-electron chi connectivity index (χ4n) is 3.75. The Bertz CT molecular complexity index is 693. The summed E-state index contributed by atoms with van der Waals surface area (Å²) in [6, 6.07) is 5.31. The van der Waals surface area contributed by atoms with E-state index in [0.717, 1.165) is 30.0 Å². The summed E-state index contributed by atoms with van der Waals surface area (Å²) in [7, 11) is 5.02. The molecule has 1 aromatic carbocycles. The van der Waals surface area contributed by atoms with Crippen LogP contribution < -0.4 is 4.74 Å². The van der Waals surface area contributed by atoms with Crippen molar-refractivity contribution in [3.05, 3.63) is 29.3 Å². The fraction of sp³-hybridized carbons (Fsp3) is 0.579. The Hall–Kier alpha value is -2.12. The molecule has 0 bridgehead atoms. The van der Waals surface area contributed by atoms with Crippen LogP contribution in [0.25, 0.3) is 0 Å². The summed E-state index contributed by atoms with van der Waals surface area (Å²) in [5, 5.41) is 0. The minimum Gasteiger partial charge on any atom is -0.496 e. The smallest absolute Gasteiger partial charge is 0.247 e. The number of carbonyl (C=O) groups is 2. The summed E-state index contributed by atoms with van der Waals surface area (Å²) >= 11 is 0. The van der Waals surface area contributed by atoms with Crippen molar-refractivity contribution in [2.45, 2.75) is 32.2 Å². The molecule has 7 nitrogen and oxygen atoms in total. The first-order valence-electron chi connectivity index (χ1n) is 8.90. The zero-order chi connectivity index (χ0) is 18.8. The Balaban J connectivity index is 1.72. The highest BCUT2D eigenvalue weighted by atomic mass is 16.5. The van der Waals surface area contributed by atoms with Gasteiger partial charge in [-0.1, -0.05) is 6.07 Å². The lowest BCUT2D eigenvalue weighted by molar-refractivity contribution is -0.163. The second-order valence-corrected chi connectivity index (χ2v) is 6.99. The molecular weight excluding hydrogens is 334 g/mol. The Morgan fingerprint density at radius 2 is 1.92 bits per heavy atom. The molecule has 26 heavy (non-hydrogen) atoms. The molecule has 0 unspecified atom stereocenters. The second kappa shape index (κ2) is 7.63. The number of hydrogen-bond acceptors (Lipinski definition) is 5. The Morgan fingerprint density at radius 1 is 1.15 bits per heavy atom. The van der Waals surface area contributed by atoms with Crippen molar-refractivity contribution in [2.24, 2.45) is 0 Å². The van der Waals surface area contributed by atoms with Gasteiger partial charge in [0, 0.05) is 45.9 Å². The van der Waals surface area contributed by atoms with E-state index in [1.54, 1.807) is 38.0 Å². The van der Waals surface area contributed by atoms with Crippen molar-refractivity contribution in [3.63, 3.8) is 0 Å². The molecule has 3 rings (SSSR count). The number of nitrogens with zero attached hydrogens (tertiary/aromatic N) is 3. The van der Waals surface area contributed by atoms with Gasteiger partial charge >= 0.3 is 0 Å². The van der Waals surface area contributed by atoms with Gasteiger partial charge in [0.05, 0.1) is 13.7 Å². The van der Waals surface area contributed by atoms with Gasteiger partial charge in [-0.15, -0.1) is 0 Å². The molecular formula is C19H27N3O4. The normalized spacial score (nSPS) is 24.0. The maximum Gasteiger partial charge on any atom is 0.247 e. The summed E-state index contributed by atoms with van der Waals surface area (Å²) in [6.07, 6.45) is 0. The first-order chi connectivity index (χ1) is 12.5. The lowest BCUT2D eigenvalue weighted by Crippen LogP contribution is -2.68. The number of likely N-dealkylation sites (N-methyl/N-ethyl adjacent to an activating group) is 1. The van der Waals surface area contributed by atoms with Crippen molar-refractivity contribution < 1.29 is 19.1 Å². The summed E-state index contributed by atoms with van der Waals surface area (Å²) in [6.45, 7) is 4.92. The number of rotatable bonds is 5. The highest BCUT2D eigenvalue weighted by Gasteiger charge is 2.44. The van der Waals surface area contributed by atoms with E-state index in [1.165, 1.54) is 0 Å². The molecule has 7 heteroatoms. The van der Waals surface area contributed by atoms with E-state index in [1.807, 2.05) is 12.1 Å². The lowest BCUT2D eigenvalue weighted by atomic mass is 10.0. The number of benzene rings is 1. The van der Waals surface area contributed by atoms with E-state index in [2.05, 4.69) is 11.0 Å². The second-order valence-electron chi connectivity index (χ2n) is 6.99. The number of hydrogen-bond donors (Lipinski definition) is 0. The van der Waals surface area contributed by atoms with Crippen LogP contribution in [0.1, 0.15) is 18.1 Å². The van der Waals surface area contributed by atoms with Gasteiger partial charge in [-0.05, 0) is 24.6 Å². The van der Waals surface area contributed by atoms with E-state index in [-0.39, 0.29) is 23.9 Å². The molecule has 2 amide bonds. The molecule has 2 aliphatic rings. The minimum absolute atomic E-state index is 0.0246. The molecule has 0 aliphatic carbocycles. The number of fused-ring (bicyclic) bond motifs is 1. The molecule has 2 fully saturated rings. The standard InChI is InChI=1S/C19H27N3O4/c1-13-18(23)22-8-7-21(11-16(22)19(24)20(13)2)10-14-5-6-17(26-4)15(9-14)12-25-3/h5-6,9,13,16H,7-8,10-12H2,1-4H3/t13-,16+/m0/s1. The average Bonchev–Trinajstić information content (AvgIpc) is 2.65. The van der Waals surface area contributed by atoms with Gasteiger partial charge in [-0.3, -0.25) is 14.5 Å². The maximum absolute atomic E-state index is 12.6. The Kier molecular flexibility index (Phi) is 5.48. The van der Waals surface area contributed by atoms with Gasteiger partial charge in [0.2, 0.25) is 11.8 Å². The predicted octanol–water partition coefficient (Wildman–Crippen LogP) is 0.715. The highest BCUT2D eigenvalue weighted by molar-refractivity contribution is 5.96. The molecule has 2 heterocycles. The zero-order valence-corrected chi connectivity index (χ0v) is 15.9. The number of methoxy groups -OCH3 is 2. The molecule has 0 saturated carbocycles. The van der Waals surface area contributed by atoms with E-state index in [0.29, 0.717) is 19.7 Å². The topological polar surface area (TPSA) is 62.3 Å². The number of carbonyl (C=O) groups excluding carboxylic acids is 2. The molecule has 2 saturated heterocycles. The zero-order valence-electron chi connectivity index (χ0n) is 15.9. The van der Waals surface area contributed by atoms with Gasteiger partial charge in [-0.25, -0.2) is 0 Å². The fourth-order valence-corrected chi connectivity index (χ4v) is 3.75. The van der Waals surface area contributed by atoms with Crippen LogP contribution in [0, 0.1) is 0 Å². The third-order valence-electron chi connectivity index (χ3n) is 5.37. The van der Waals surface area contributed by atoms with Crippen molar-refractivity contribution in [1.29, 1.82) is 0 Å². The summed E-state index contributed by atoms with van der Waals surface area (Å²) in [5.74, 6) is 0.879. The Morgan fingerprint density at radius 3 is 2.62 bits per heavy atom. The van der Waals surface area contributed by atoms with E-state index in [4.69, 9.17) is 9.47 Å². The van der Waals surface area contributed by atoms with Crippen LogP contribution in [0.15, 0.2) is 18.2 Å². The first-order valence-corrected chi connectivity index (χ1v) is 8.90. The van der Waals surface area contributed by atoms with Crippen LogP contribution in [0.2, 0.25) is 0 Å². The van der Waals surface area contributed by atoms with Gasteiger partial charge < -0.3 is 19.3 Å². The van der Waals surface area contributed by atoms with Crippen LogP contribution in [-0.2, 0) is 27.5 Å². The van der Waals surface area contributed by atoms with Gasteiger partial charge in [-0.2, -0.15) is 0 Å². The molecule has 142 valence electrons. The molecule has 0 aromatic heterocycles. The molecule has 0 N–H and O–H groups in total. The summed E-state index contributed by atoms with van der Waals surface area (Å²) < 4.78 is 10.6. The van der Waals surface area contributed by atoms with E-state index >= 15 is 0 Å². The lowest BCUT2D eigenvalue weighted by Gasteiger charge is -2.47. The van der Waals surface area contributed by atoms with Gasteiger partial charge in [0.1, 0.15) is 17.8 Å². The van der Waals surface area contributed by atoms with Crippen molar-refractivity contribution in [1.82, 2.24) is 14.7 Å². The van der Waals surface area contributed by atoms with Crippen molar-refractivity contribution in [3.8, 4) is 5.75 Å². The predicted molar refractivity (Wildman–Crippen MR) is 96.7 cm³/mol. The largest absolute Gasteiger partial charge is 0.496 e. The van der Waals surface area contributed by atoms with Crippen LogP contribution in [0.5, 0.6) is 5.75 Å². The summed E-state index contributed by atoms with van der Waals surface area (Å²) in [5.41, 5.74) is 2.14. The molecule has 0 spiro atoms. The maximum atomic E-state index is 12.6. The van der Waals surface area contributed by atoms with E-state index < -0.39 is 0 Å². The molecule has 2 atom stereocenters. The SMILES string of the molecule is COCc1cc(CN2CCN3C(=O)[C@H](C)N(C)C(=O)[C@H]3C2)ccc1OC. The quantitative estimate of drug-likeness (QED) is 0.773. The van der Waals surface area contributed by atoms with Crippen LogP contribution in [-0.4, -0.2) is 79.5 Å². The van der Waals surface area contributed by atoms with E-state index in [9.17, 15) is 9.59 Å². The van der Waals surface area contributed by atoms with Crippen LogP contribution in [0.3, 0.4) is 0 Å². The van der Waals surface area contributed by atoms with Crippen molar-refractivity contribution in [2.75, 3.05) is 40.9 Å².